The molecular formula is C17H22O4. The average molecular weight is 290 g/mol. The molecule has 0 aliphatic carbocycles. The minimum atomic E-state index is -0.627. The van der Waals surface area contributed by atoms with Crippen LogP contribution in [0.15, 0.2) is 18.2 Å². The normalized spacial score (nSPS) is 19.9. The number of fused-ring (bicyclic) bond motifs is 1. The molecule has 2 aliphatic heterocycles. The number of ketones is 1. The minimum absolute atomic E-state index is 0.199. The lowest BCUT2D eigenvalue weighted by molar-refractivity contribution is -0.152. The molecule has 0 radical (unpaired) electrons. The summed E-state index contributed by atoms with van der Waals surface area (Å²) in [5.41, 5.74) is 1.83. The largest absolute Gasteiger partial charge is 0.493 e. The maximum atomic E-state index is 12.6. The fourth-order valence-corrected chi connectivity index (χ4v) is 3.18. The summed E-state index contributed by atoms with van der Waals surface area (Å²) < 4.78 is 16.4. The fourth-order valence-electron chi connectivity index (χ4n) is 3.18. The zero-order valence-electron chi connectivity index (χ0n) is 12.5. The van der Waals surface area contributed by atoms with Crippen molar-refractivity contribution < 1.29 is 19.0 Å². The number of aryl methyl sites for hydroxylation is 1. The highest BCUT2D eigenvalue weighted by Crippen LogP contribution is 2.29. The zero-order chi connectivity index (χ0) is 14.7. The topological polar surface area (TPSA) is 44.8 Å². The quantitative estimate of drug-likeness (QED) is 0.835. The van der Waals surface area contributed by atoms with Crippen molar-refractivity contribution in [3.63, 3.8) is 0 Å². The molecule has 4 heteroatoms. The molecule has 0 amide bonds. The highest BCUT2D eigenvalue weighted by molar-refractivity contribution is 5.87. The van der Waals surface area contributed by atoms with Gasteiger partial charge in [0, 0.05) is 46.0 Å². The first-order valence-electron chi connectivity index (χ1n) is 7.64. The van der Waals surface area contributed by atoms with Crippen LogP contribution in [0.1, 0.15) is 30.4 Å². The molecule has 2 heterocycles. The second kappa shape index (κ2) is 6.16. The number of hydrogen-bond donors (Lipinski definition) is 0. The molecule has 1 aromatic rings. The third-order valence-electron chi connectivity index (χ3n) is 4.59. The van der Waals surface area contributed by atoms with Crippen LogP contribution in [0.5, 0.6) is 5.75 Å². The van der Waals surface area contributed by atoms with E-state index in [1.54, 1.807) is 7.11 Å². The molecule has 1 fully saturated rings. The number of ether oxygens (including phenoxy) is 3. The lowest BCUT2D eigenvalue weighted by atomic mass is 9.86. The molecule has 1 aromatic carbocycles. The lowest BCUT2D eigenvalue weighted by Crippen LogP contribution is -2.45. The van der Waals surface area contributed by atoms with Crippen molar-refractivity contribution >= 4 is 5.78 Å². The Balaban J connectivity index is 1.62. The van der Waals surface area contributed by atoms with Crippen LogP contribution in [0.3, 0.4) is 0 Å². The van der Waals surface area contributed by atoms with Crippen LogP contribution in [-0.2, 0) is 27.1 Å². The Morgan fingerprint density at radius 2 is 2.10 bits per heavy atom. The molecule has 0 aromatic heterocycles. The van der Waals surface area contributed by atoms with Gasteiger partial charge in [-0.15, -0.1) is 0 Å². The molecular weight excluding hydrogens is 268 g/mol. The van der Waals surface area contributed by atoms with Gasteiger partial charge in [-0.2, -0.15) is 0 Å². The Hall–Kier alpha value is -1.39. The summed E-state index contributed by atoms with van der Waals surface area (Å²) >= 11 is 0. The molecule has 1 saturated heterocycles. The molecule has 0 bridgehead atoms. The third kappa shape index (κ3) is 2.97. The van der Waals surface area contributed by atoms with Crippen molar-refractivity contribution in [1.82, 2.24) is 0 Å². The van der Waals surface area contributed by atoms with Crippen LogP contribution in [-0.4, -0.2) is 38.3 Å². The van der Waals surface area contributed by atoms with Crippen LogP contribution in [0.25, 0.3) is 0 Å². The number of Topliss-reactive ketones (excluding diaryl/α,β-unsaturated/α-hetero) is 1. The summed E-state index contributed by atoms with van der Waals surface area (Å²) in [6, 6.07) is 6.24. The molecule has 0 saturated carbocycles. The van der Waals surface area contributed by atoms with Gasteiger partial charge in [0.2, 0.25) is 0 Å². The summed E-state index contributed by atoms with van der Waals surface area (Å²) in [5.74, 6) is 1.19. The van der Waals surface area contributed by atoms with Crippen LogP contribution < -0.4 is 4.74 Å². The van der Waals surface area contributed by atoms with E-state index in [9.17, 15) is 4.79 Å². The van der Waals surface area contributed by atoms with Crippen molar-refractivity contribution in [3.8, 4) is 5.75 Å². The summed E-state index contributed by atoms with van der Waals surface area (Å²) in [7, 11) is 1.63. The van der Waals surface area contributed by atoms with E-state index in [-0.39, 0.29) is 5.78 Å². The molecule has 0 N–H and O–H groups in total. The van der Waals surface area contributed by atoms with Crippen molar-refractivity contribution in [3.05, 3.63) is 29.3 Å². The summed E-state index contributed by atoms with van der Waals surface area (Å²) in [5, 5.41) is 0. The average Bonchev–Trinajstić information content (AvgIpc) is 3.00. The SMILES string of the molecule is COC1(C(=O)CCc2ccc3c(c2)CCO3)CCOCC1. The zero-order valence-corrected chi connectivity index (χ0v) is 12.5. The predicted octanol–water partition coefficient (Wildman–Crippen LogP) is 2.32. The highest BCUT2D eigenvalue weighted by atomic mass is 16.5. The molecule has 2 aliphatic rings. The standard InChI is InChI=1S/C17H22O4/c1-19-17(7-10-20-11-8-17)16(18)5-3-13-2-4-15-14(12-13)6-9-21-15/h2,4,12H,3,5-11H2,1H3. The van der Waals surface area contributed by atoms with Gasteiger partial charge in [0.15, 0.2) is 5.78 Å². The number of hydrogen-bond acceptors (Lipinski definition) is 4. The smallest absolute Gasteiger partial charge is 0.165 e. The maximum Gasteiger partial charge on any atom is 0.165 e. The van der Waals surface area contributed by atoms with Gasteiger partial charge in [0.1, 0.15) is 11.4 Å². The van der Waals surface area contributed by atoms with Crippen LogP contribution in [0, 0.1) is 0 Å². The first-order chi connectivity index (χ1) is 10.2. The van der Waals surface area contributed by atoms with Gasteiger partial charge >= 0.3 is 0 Å². The second-order valence-electron chi connectivity index (χ2n) is 5.77. The van der Waals surface area contributed by atoms with Gasteiger partial charge in [-0.3, -0.25) is 4.79 Å². The van der Waals surface area contributed by atoms with Gasteiger partial charge in [-0.1, -0.05) is 12.1 Å². The first kappa shape index (κ1) is 14.5. The lowest BCUT2D eigenvalue weighted by Gasteiger charge is -2.34. The Labute approximate surface area is 125 Å². The van der Waals surface area contributed by atoms with E-state index < -0.39 is 5.60 Å². The van der Waals surface area contributed by atoms with E-state index in [1.807, 2.05) is 6.07 Å². The van der Waals surface area contributed by atoms with Crippen molar-refractivity contribution in [2.24, 2.45) is 0 Å². The molecule has 0 unspecified atom stereocenters. The van der Waals surface area contributed by atoms with Gasteiger partial charge in [-0.05, 0) is 23.6 Å². The second-order valence-corrected chi connectivity index (χ2v) is 5.77. The Morgan fingerprint density at radius 1 is 1.29 bits per heavy atom. The molecule has 0 spiro atoms. The minimum Gasteiger partial charge on any atom is -0.493 e. The third-order valence-corrected chi connectivity index (χ3v) is 4.59. The van der Waals surface area contributed by atoms with Gasteiger partial charge in [0.25, 0.3) is 0 Å². The first-order valence-corrected chi connectivity index (χ1v) is 7.64. The van der Waals surface area contributed by atoms with E-state index in [1.165, 1.54) is 11.1 Å². The summed E-state index contributed by atoms with van der Waals surface area (Å²) in [6.45, 7) is 1.98. The van der Waals surface area contributed by atoms with Gasteiger partial charge in [0.05, 0.1) is 6.61 Å². The number of rotatable bonds is 5. The van der Waals surface area contributed by atoms with E-state index >= 15 is 0 Å². The van der Waals surface area contributed by atoms with Crippen LogP contribution in [0.2, 0.25) is 0 Å². The fraction of sp³-hybridized carbons (Fsp3) is 0.588. The number of carbonyl (C=O) groups excluding carboxylic acids is 1. The van der Waals surface area contributed by atoms with E-state index in [0.29, 0.717) is 32.5 Å². The van der Waals surface area contributed by atoms with E-state index in [0.717, 1.165) is 25.2 Å². The monoisotopic (exact) mass is 290 g/mol. The molecule has 4 nitrogen and oxygen atoms in total. The number of methoxy groups -OCH3 is 1. The molecule has 0 atom stereocenters. The summed E-state index contributed by atoms with van der Waals surface area (Å²) in [6.07, 6.45) is 3.59. The number of carbonyl (C=O) groups is 1. The Morgan fingerprint density at radius 3 is 2.86 bits per heavy atom. The van der Waals surface area contributed by atoms with E-state index in [2.05, 4.69) is 12.1 Å². The Kier molecular flexibility index (Phi) is 4.27. The molecule has 21 heavy (non-hydrogen) atoms. The van der Waals surface area contributed by atoms with Crippen molar-refractivity contribution in [1.29, 1.82) is 0 Å². The van der Waals surface area contributed by atoms with Gasteiger partial charge < -0.3 is 14.2 Å². The summed E-state index contributed by atoms with van der Waals surface area (Å²) in [4.78, 5) is 12.6. The number of benzene rings is 1. The van der Waals surface area contributed by atoms with Gasteiger partial charge in [-0.25, -0.2) is 0 Å². The van der Waals surface area contributed by atoms with Crippen molar-refractivity contribution in [2.45, 2.75) is 37.7 Å². The van der Waals surface area contributed by atoms with Crippen molar-refractivity contribution in [2.75, 3.05) is 26.9 Å². The molecule has 3 rings (SSSR count). The maximum absolute atomic E-state index is 12.6. The molecule has 114 valence electrons. The van der Waals surface area contributed by atoms with Crippen LogP contribution >= 0.6 is 0 Å². The van der Waals surface area contributed by atoms with E-state index in [4.69, 9.17) is 14.2 Å². The highest BCUT2D eigenvalue weighted by Gasteiger charge is 2.39. The Bertz CT molecular complexity index is 518. The predicted molar refractivity (Wildman–Crippen MR) is 78.8 cm³/mol. The van der Waals surface area contributed by atoms with Crippen LogP contribution in [0.4, 0.5) is 0 Å².